The highest BCUT2D eigenvalue weighted by atomic mass is 127. The van der Waals surface area contributed by atoms with Crippen LogP contribution in [0.15, 0.2) is 58.0 Å². The summed E-state index contributed by atoms with van der Waals surface area (Å²) in [6.07, 6.45) is 0. The van der Waals surface area contributed by atoms with Crippen LogP contribution in [-0.2, 0) is 13.1 Å². The molecule has 0 bridgehead atoms. The Morgan fingerprint density at radius 1 is 1.18 bits per heavy atom. The fraction of sp³-hybridized carbons (Fsp3) is 0.211. The van der Waals surface area contributed by atoms with E-state index >= 15 is 0 Å². The summed E-state index contributed by atoms with van der Waals surface area (Å²) in [6, 6.07) is 13.5. The lowest BCUT2D eigenvalue weighted by atomic mass is 10.2. The number of benzene rings is 2. The van der Waals surface area contributed by atoms with E-state index in [2.05, 4.69) is 25.8 Å². The van der Waals surface area contributed by atoms with Gasteiger partial charge >= 0.3 is 0 Å². The standard InChI is InChI=1S/C19H19ClFN5O.HI/c1-2-22-19(23-11-13-6-8-16(21)9-7-13)24-12-17-25-18(26-27-17)14-4-3-5-15(20)10-14;/h3-10H,2,11-12H2,1H3,(H2,22,23,24);1H. The lowest BCUT2D eigenvalue weighted by Crippen LogP contribution is -2.36. The van der Waals surface area contributed by atoms with Gasteiger partial charge in [-0.1, -0.05) is 41.0 Å². The number of hydrogen-bond donors (Lipinski definition) is 2. The zero-order valence-corrected chi connectivity index (χ0v) is 18.2. The number of aromatic nitrogens is 2. The minimum Gasteiger partial charge on any atom is -0.357 e. The van der Waals surface area contributed by atoms with Crippen molar-refractivity contribution in [3.8, 4) is 11.4 Å². The van der Waals surface area contributed by atoms with Gasteiger partial charge in [0.25, 0.3) is 0 Å². The molecular weight excluding hydrogens is 496 g/mol. The van der Waals surface area contributed by atoms with Crippen molar-refractivity contribution in [1.82, 2.24) is 20.8 Å². The fourth-order valence-electron chi connectivity index (χ4n) is 2.33. The van der Waals surface area contributed by atoms with Crippen LogP contribution in [0.5, 0.6) is 0 Å². The number of halogens is 3. The van der Waals surface area contributed by atoms with Gasteiger partial charge in [0.05, 0.1) is 13.1 Å². The molecule has 0 saturated heterocycles. The third kappa shape index (κ3) is 6.45. The Balaban J connectivity index is 0.00000280. The van der Waals surface area contributed by atoms with Crippen molar-refractivity contribution < 1.29 is 8.91 Å². The van der Waals surface area contributed by atoms with Crippen molar-refractivity contribution in [3.63, 3.8) is 0 Å². The lowest BCUT2D eigenvalue weighted by molar-refractivity contribution is 0.375. The predicted octanol–water partition coefficient (Wildman–Crippen LogP) is 4.40. The molecule has 0 amide bonds. The van der Waals surface area contributed by atoms with Gasteiger partial charge in [-0.3, -0.25) is 0 Å². The maximum absolute atomic E-state index is 13.0. The SMILES string of the molecule is CCNC(=NCc1ccc(F)cc1)NCc1nc(-c2cccc(Cl)c2)no1.I. The van der Waals surface area contributed by atoms with Crippen molar-refractivity contribution in [1.29, 1.82) is 0 Å². The molecule has 3 rings (SSSR count). The molecule has 0 atom stereocenters. The third-order valence-corrected chi connectivity index (χ3v) is 3.87. The van der Waals surface area contributed by atoms with E-state index in [-0.39, 0.29) is 29.8 Å². The van der Waals surface area contributed by atoms with Gasteiger partial charge in [0.1, 0.15) is 5.82 Å². The van der Waals surface area contributed by atoms with Gasteiger partial charge in [0, 0.05) is 17.1 Å². The van der Waals surface area contributed by atoms with E-state index in [0.29, 0.717) is 42.3 Å². The summed E-state index contributed by atoms with van der Waals surface area (Å²) in [5.41, 5.74) is 1.70. The van der Waals surface area contributed by atoms with Crippen LogP contribution in [0.2, 0.25) is 5.02 Å². The minimum absolute atomic E-state index is 0. The van der Waals surface area contributed by atoms with Crippen LogP contribution in [-0.4, -0.2) is 22.6 Å². The smallest absolute Gasteiger partial charge is 0.246 e. The summed E-state index contributed by atoms with van der Waals surface area (Å²) < 4.78 is 18.2. The molecule has 0 fully saturated rings. The van der Waals surface area contributed by atoms with Gasteiger partial charge in [-0.15, -0.1) is 24.0 Å². The molecule has 0 radical (unpaired) electrons. The van der Waals surface area contributed by atoms with Crippen LogP contribution in [0, 0.1) is 5.82 Å². The molecule has 0 unspecified atom stereocenters. The van der Waals surface area contributed by atoms with Gasteiger partial charge in [0.15, 0.2) is 5.96 Å². The molecule has 148 valence electrons. The maximum Gasteiger partial charge on any atom is 0.246 e. The number of guanidine groups is 1. The first kappa shape index (κ1) is 22.1. The molecule has 0 aliphatic rings. The fourth-order valence-corrected chi connectivity index (χ4v) is 2.52. The molecule has 2 N–H and O–H groups in total. The number of rotatable bonds is 6. The maximum atomic E-state index is 13.0. The lowest BCUT2D eigenvalue weighted by Gasteiger charge is -2.09. The van der Waals surface area contributed by atoms with E-state index in [0.717, 1.165) is 11.1 Å². The van der Waals surface area contributed by atoms with Crippen LogP contribution in [0.25, 0.3) is 11.4 Å². The Kier molecular flexibility index (Phi) is 8.65. The van der Waals surface area contributed by atoms with E-state index in [1.807, 2.05) is 19.1 Å². The van der Waals surface area contributed by atoms with E-state index < -0.39 is 0 Å². The Morgan fingerprint density at radius 2 is 1.96 bits per heavy atom. The van der Waals surface area contributed by atoms with Crippen molar-refractivity contribution in [2.24, 2.45) is 4.99 Å². The Morgan fingerprint density at radius 3 is 2.68 bits per heavy atom. The highest BCUT2D eigenvalue weighted by Crippen LogP contribution is 2.19. The topological polar surface area (TPSA) is 75.3 Å². The quantitative estimate of drug-likeness (QED) is 0.289. The molecule has 9 heteroatoms. The summed E-state index contributed by atoms with van der Waals surface area (Å²) in [7, 11) is 0. The monoisotopic (exact) mass is 515 g/mol. The molecule has 28 heavy (non-hydrogen) atoms. The van der Waals surface area contributed by atoms with Crippen LogP contribution in [0.4, 0.5) is 4.39 Å². The minimum atomic E-state index is -0.264. The highest BCUT2D eigenvalue weighted by molar-refractivity contribution is 14.0. The normalized spacial score (nSPS) is 11.0. The molecule has 6 nitrogen and oxygen atoms in total. The molecule has 0 spiro atoms. The van der Waals surface area contributed by atoms with Gasteiger partial charge in [-0.25, -0.2) is 9.38 Å². The van der Waals surface area contributed by atoms with E-state index in [4.69, 9.17) is 16.1 Å². The predicted molar refractivity (Wildman–Crippen MR) is 118 cm³/mol. The average Bonchev–Trinajstić information content (AvgIpc) is 3.14. The molecule has 1 heterocycles. The molecule has 2 aromatic carbocycles. The molecule has 3 aromatic rings. The van der Waals surface area contributed by atoms with Crippen molar-refractivity contribution in [3.05, 3.63) is 70.8 Å². The van der Waals surface area contributed by atoms with Crippen LogP contribution in [0.1, 0.15) is 18.4 Å². The molecule has 1 aromatic heterocycles. The van der Waals surface area contributed by atoms with E-state index in [1.165, 1.54) is 12.1 Å². The first-order valence-electron chi connectivity index (χ1n) is 8.49. The zero-order valence-electron chi connectivity index (χ0n) is 15.2. The molecule has 0 aliphatic carbocycles. The molecule has 0 aliphatic heterocycles. The summed E-state index contributed by atoms with van der Waals surface area (Å²) in [5, 5.41) is 10.9. The second-order valence-corrected chi connectivity index (χ2v) is 6.13. The van der Waals surface area contributed by atoms with Gasteiger partial charge in [-0.05, 0) is 36.8 Å². The third-order valence-electron chi connectivity index (χ3n) is 3.64. The van der Waals surface area contributed by atoms with Crippen LogP contribution in [0.3, 0.4) is 0 Å². The van der Waals surface area contributed by atoms with Crippen LogP contribution < -0.4 is 10.6 Å². The van der Waals surface area contributed by atoms with Gasteiger partial charge in [0.2, 0.25) is 11.7 Å². The molecular formula is C19H20ClFIN5O. The Labute approximate surface area is 184 Å². The van der Waals surface area contributed by atoms with Crippen LogP contribution >= 0.6 is 35.6 Å². The number of nitrogens with zero attached hydrogens (tertiary/aromatic N) is 3. The first-order valence-corrected chi connectivity index (χ1v) is 8.87. The first-order chi connectivity index (χ1) is 13.1. The average molecular weight is 516 g/mol. The van der Waals surface area contributed by atoms with Crippen molar-refractivity contribution in [2.45, 2.75) is 20.0 Å². The van der Waals surface area contributed by atoms with Gasteiger partial charge in [-0.2, -0.15) is 4.98 Å². The zero-order chi connectivity index (χ0) is 19.1. The second kappa shape index (κ2) is 11.0. The summed E-state index contributed by atoms with van der Waals surface area (Å²) in [4.78, 5) is 8.83. The van der Waals surface area contributed by atoms with E-state index in [1.54, 1.807) is 24.3 Å². The summed E-state index contributed by atoms with van der Waals surface area (Å²) in [5.74, 6) is 1.24. The Hall–Kier alpha value is -2.20. The summed E-state index contributed by atoms with van der Waals surface area (Å²) >= 11 is 5.99. The molecule has 0 saturated carbocycles. The largest absolute Gasteiger partial charge is 0.357 e. The van der Waals surface area contributed by atoms with Crippen molar-refractivity contribution in [2.75, 3.05) is 6.54 Å². The second-order valence-electron chi connectivity index (χ2n) is 5.70. The van der Waals surface area contributed by atoms with Gasteiger partial charge < -0.3 is 15.2 Å². The number of nitrogens with one attached hydrogen (secondary N) is 2. The van der Waals surface area contributed by atoms with Crippen molar-refractivity contribution >= 4 is 41.5 Å². The summed E-state index contributed by atoms with van der Waals surface area (Å²) in [6.45, 7) is 3.42. The van der Waals surface area contributed by atoms with E-state index in [9.17, 15) is 4.39 Å². The number of hydrogen-bond acceptors (Lipinski definition) is 4. The highest BCUT2D eigenvalue weighted by Gasteiger charge is 2.09. The Bertz CT molecular complexity index is 917. The number of aliphatic imine (C=N–C) groups is 1.